The molecule has 0 bridgehead atoms. The van der Waals surface area contributed by atoms with Crippen LogP contribution in [0.15, 0.2) is 0 Å². The summed E-state index contributed by atoms with van der Waals surface area (Å²) < 4.78 is 0. The van der Waals surface area contributed by atoms with Gasteiger partial charge in [0, 0.05) is 11.4 Å². The molecule has 0 fully saturated rings. The number of hydrogen-bond donors (Lipinski definition) is 2. The molecule has 0 saturated carbocycles. The first-order chi connectivity index (χ1) is 22.2. The molecular formula is C46H64N2. The van der Waals surface area contributed by atoms with Crippen molar-refractivity contribution in [3.05, 3.63) is 122 Å². The highest BCUT2D eigenvalue weighted by Crippen LogP contribution is 2.46. The number of benzene rings is 4. The summed E-state index contributed by atoms with van der Waals surface area (Å²) in [7, 11) is 0. The Morgan fingerprint density at radius 3 is 0.542 bits per heavy atom. The molecule has 2 heteroatoms. The second-order valence-electron chi connectivity index (χ2n) is 15.3. The Balaban J connectivity index is 2.24. The fourth-order valence-corrected chi connectivity index (χ4v) is 8.38. The van der Waals surface area contributed by atoms with E-state index < -0.39 is 0 Å². The average molecular weight is 645 g/mol. The summed E-state index contributed by atoms with van der Waals surface area (Å²) in [6.45, 7) is 46.2. The fraction of sp³-hybridized carbons (Fsp3) is 0.478. The maximum atomic E-state index is 4.34. The SMILES string of the molecule is Cc1c(C)c(C)c(N[C@H](c2c(C)c(C)c(C)c(C)c2C)[C@@H](Nc2c(C)c(C)c(C)c(C)c2C)c2c(C)c(C)c(C)c(C)c2C)c(C)c1C. The van der Waals surface area contributed by atoms with Crippen LogP contribution in [0.25, 0.3) is 0 Å². The Hall–Kier alpha value is -3.52. The summed E-state index contributed by atoms with van der Waals surface area (Å²) in [6.07, 6.45) is 0. The van der Waals surface area contributed by atoms with Gasteiger partial charge in [-0.1, -0.05) is 0 Å². The smallest absolute Gasteiger partial charge is 0.0763 e. The van der Waals surface area contributed by atoms with E-state index in [2.05, 4.69) is 149 Å². The van der Waals surface area contributed by atoms with Gasteiger partial charge in [-0.15, -0.1) is 0 Å². The first-order valence-electron chi connectivity index (χ1n) is 18.0. The summed E-state index contributed by atoms with van der Waals surface area (Å²) in [4.78, 5) is 0. The van der Waals surface area contributed by atoms with E-state index in [0.717, 1.165) is 0 Å². The van der Waals surface area contributed by atoms with E-state index in [9.17, 15) is 0 Å². The van der Waals surface area contributed by atoms with Gasteiger partial charge in [-0.2, -0.15) is 0 Å². The molecule has 0 unspecified atom stereocenters. The third kappa shape index (κ3) is 5.78. The molecule has 48 heavy (non-hydrogen) atoms. The Kier molecular flexibility index (Phi) is 10.4. The van der Waals surface area contributed by atoms with Crippen molar-refractivity contribution in [2.45, 2.75) is 151 Å². The van der Waals surface area contributed by atoms with Crippen molar-refractivity contribution >= 4 is 11.4 Å². The Morgan fingerprint density at radius 1 is 0.208 bits per heavy atom. The van der Waals surface area contributed by atoms with Crippen molar-refractivity contribution < 1.29 is 0 Å². The number of anilines is 2. The molecule has 2 N–H and O–H groups in total. The molecular weight excluding hydrogens is 581 g/mol. The molecule has 2 atom stereocenters. The van der Waals surface area contributed by atoms with Gasteiger partial charge in [0.15, 0.2) is 0 Å². The standard InChI is InChI=1S/C46H64N2/c1-21-25(5)33(13)41(34(14)26(21)6)45(47-43-37(17)29(9)23(3)30(10)38(43)18)46(42-35(15)27(7)22(2)28(8)36(42)16)48-44-39(19)31(11)24(4)32(12)40(44)20/h45-48H,1-20H3/t45-,46+. The summed E-state index contributed by atoms with van der Waals surface area (Å²) in [5, 5.41) is 8.68. The van der Waals surface area contributed by atoms with E-state index in [1.165, 1.54) is 134 Å². The summed E-state index contributed by atoms with van der Waals surface area (Å²) in [6, 6.07) is -0.0805. The first kappa shape index (κ1) is 37.3. The molecule has 0 spiro atoms. The predicted octanol–water partition coefficient (Wildman–Crippen LogP) is 12.9. The zero-order valence-electron chi connectivity index (χ0n) is 34.2. The maximum Gasteiger partial charge on any atom is 0.0763 e. The minimum Gasteiger partial charge on any atom is -0.375 e. The second-order valence-corrected chi connectivity index (χ2v) is 15.3. The van der Waals surface area contributed by atoms with Crippen LogP contribution in [-0.4, -0.2) is 0 Å². The minimum atomic E-state index is -0.0403. The summed E-state index contributed by atoms with van der Waals surface area (Å²) in [5.74, 6) is 0. The normalized spacial score (nSPS) is 12.8. The van der Waals surface area contributed by atoms with Crippen LogP contribution in [0.5, 0.6) is 0 Å². The molecule has 0 radical (unpaired) electrons. The van der Waals surface area contributed by atoms with Crippen LogP contribution in [0.3, 0.4) is 0 Å². The van der Waals surface area contributed by atoms with Crippen LogP contribution in [0, 0.1) is 138 Å². The molecule has 0 aliphatic rings. The molecule has 0 aromatic heterocycles. The van der Waals surface area contributed by atoms with E-state index in [4.69, 9.17) is 0 Å². The van der Waals surface area contributed by atoms with Crippen LogP contribution in [0.1, 0.15) is 134 Å². The molecule has 0 amide bonds. The van der Waals surface area contributed by atoms with Crippen molar-refractivity contribution in [2.75, 3.05) is 10.6 Å². The predicted molar refractivity (Wildman–Crippen MR) is 213 cm³/mol. The molecule has 258 valence electrons. The maximum absolute atomic E-state index is 4.34. The van der Waals surface area contributed by atoms with Crippen LogP contribution >= 0.6 is 0 Å². The lowest BCUT2D eigenvalue weighted by Crippen LogP contribution is -2.31. The topological polar surface area (TPSA) is 24.1 Å². The van der Waals surface area contributed by atoms with Crippen molar-refractivity contribution in [3.63, 3.8) is 0 Å². The van der Waals surface area contributed by atoms with Crippen molar-refractivity contribution in [1.29, 1.82) is 0 Å². The van der Waals surface area contributed by atoms with Gasteiger partial charge >= 0.3 is 0 Å². The van der Waals surface area contributed by atoms with Gasteiger partial charge in [-0.05, 0) is 261 Å². The molecule has 4 aromatic rings. The third-order valence-electron chi connectivity index (χ3n) is 13.7. The number of nitrogens with one attached hydrogen (secondary N) is 2. The summed E-state index contributed by atoms with van der Waals surface area (Å²) in [5.41, 5.74) is 32.9. The van der Waals surface area contributed by atoms with Gasteiger partial charge in [-0.3, -0.25) is 0 Å². The Bertz CT molecular complexity index is 1710. The lowest BCUT2D eigenvalue weighted by molar-refractivity contribution is 0.630. The van der Waals surface area contributed by atoms with Crippen LogP contribution < -0.4 is 10.6 Å². The average Bonchev–Trinajstić information content (AvgIpc) is 3.06. The first-order valence-corrected chi connectivity index (χ1v) is 18.0. The molecule has 2 nitrogen and oxygen atoms in total. The van der Waals surface area contributed by atoms with E-state index in [-0.39, 0.29) is 12.1 Å². The quantitative estimate of drug-likeness (QED) is 0.209. The van der Waals surface area contributed by atoms with E-state index in [1.807, 2.05) is 0 Å². The van der Waals surface area contributed by atoms with Crippen molar-refractivity contribution in [1.82, 2.24) is 0 Å². The second kappa shape index (κ2) is 13.4. The molecule has 4 aromatic carbocycles. The van der Waals surface area contributed by atoms with E-state index in [1.54, 1.807) is 0 Å². The van der Waals surface area contributed by atoms with Gasteiger partial charge in [0.25, 0.3) is 0 Å². The van der Waals surface area contributed by atoms with E-state index >= 15 is 0 Å². The number of rotatable bonds is 7. The van der Waals surface area contributed by atoms with Gasteiger partial charge in [0.1, 0.15) is 0 Å². The zero-order chi connectivity index (χ0) is 36.4. The minimum absolute atomic E-state index is 0.0403. The highest BCUT2D eigenvalue weighted by molar-refractivity contribution is 5.70. The zero-order valence-corrected chi connectivity index (χ0v) is 34.2. The highest BCUT2D eigenvalue weighted by atomic mass is 15.0. The lowest BCUT2D eigenvalue weighted by atomic mass is 9.78. The van der Waals surface area contributed by atoms with Crippen LogP contribution in [0.4, 0.5) is 11.4 Å². The Morgan fingerprint density at radius 2 is 0.354 bits per heavy atom. The molecule has 4 rings (SSSR count). The number of hydrogen-bond acceptors (Lipinski definition) is 2. The Labute approximate surface area is 294 Å². The monoisotopic (exact) mass is 645 g/mol. The van der Waals surface area contributed by atoms with Crippen LogP contribution in [0.2, 0.25) is 0 Å². The molecule has 0 aliphatic heterocycles. The molecule has 0 aliphatic carbocycles. The van der Waals surface area contributed by atoms with Gasteiger partial charge in [0.05, 0.1) is 12.1 Å². The fourth-order valence-electron chi connectivity index (χ4n) is 8.38. The lowest BCUT2D eigenvalue weighted by Gasteiger charge is -2.39. The van der Waals surface area contributed by atoms with E-state index in [0.29, 0.717) is 0 Å². The van der Waals surface area contributed by atoms with Gasteiger partial charge in [0.2, 0.25) is 0 Å². The highest BCUT2D eigenvalue weighted by Gasteiger charge is 2.34. The van der Waals surface area contributed by atoms with Gasteiger partial charge in [-0.25, -0.2) is 0 Å². The largest absolute Gasteiger partial charge is 0.375 e. The van der Waals surface area contributed by atoms with Crippen molar-refractivity contribution in [2.24, 2.45) is 0 Å². The van der Waals surface area contributed by atoms with Crippen molar-refractivity contribution in [3.8, 4) is 0 Å². The summed E-state index contributed by atoms with van der Waals surface area (Å²) >= 11 is 0. The molecule has 0 saturated heterocycles. The third-order valence-corrected chi connectivity index (χ3v) is 13.7. The molecule has 0 heterocycles. The van der Waals surface area contributed by atoms with Crippen LogP contribution in [-0.2, 0) is 0 Å². The van der Waals surface area contributed by atoms with Gasteiger partial charge < -0.3 is 10.6 Å².